The van der Waals surface area contributed by atoms with E-state index in [0.29, 0.717) is 0 Å². The van der Waals surface area contributed by atoms with E-state index in [-0.39, 0.29) is 0 Å². The van der Waals surface area contributed by atoms with Crippen molar-refractivity contribution in [3.8, 4) is 0 Å². The van der Waals surface area contributed by atoms with Gasteiger partial charge in [0, 0.05) is 0 Å². The van der Waals surface area contributed by atoms with E-state index >= 15 is 0 Å². The normalized spacial score (nSPS) is 9.67. The van der Waals surface area contributed by atoms with Crippen molar-refractivity contribution in [1.29, 1.82) is 0 Å². The van der Waals surface area contributed by atoms with E-state index in [2.05, 4.69) is 23.0 Å². The molecule has 1 heterocycles. The lowest BCUT2D eigenvalue weighted by Gasteiger charge is -2.03. The first-order valence-corrected chi connectivity index (χ1v) is 5.39. The van der Waals surface area contributed by atoms with Crippen LogP contribution in [-0.4, -0.2) is 9.97 Å². The second-order valence-corrected chi connectivity index (χ2v) is 3.34. The summed E-state index contributed by atoms with van der Waals surface area (Å²) in [7, 11) is 0. The summed E-state index contributed by atoms with van der Waals surface area (Å²) in [4.78, 5) is 8.99. The number of nitrogens with zero attached hydrogens (tertiary/aromatic N) is 2. The predicted molar refractivity (Wildman–Crippen MR) is 65.1 cm³/mol. The van der Waals surface area contributed by atoms with Gasteiger partial charge in [0.2, 0.25) is 0 Å². The fourth-order valence-corrected chi connectivity index (χ4v) is 1.39. The van der Waals surface area contributed by atoms with Gasteiger partial charge in [-0.05, 0) is 32.4 Å². The highest BCUT2D eigenvalue weighted by Crippen LogP contribution is 2.15. The molecule has 0 saturated carbocycles. The van der Waals surface area contributed by atoms with Crippen LogP contribution in [0.2, 0.25) is 0 Å². The van der Waals surface area contributed by atoms with Crippen LogP contribution in [-0.2, 0) is 0 Å². The molecule has 0 radical (unpaired) electrons. The molecule has 1 aromatic carbocycles. The lowest BCUT2D eigenvalue weighted by Crippen LogP contribution is -1.94. The van der Waals surface area contributed by atoms with Gasteiger partial charge in [0.15, 0.2) is 0 Å². The summed E-state index contributed by atoms with van der Waals surface area (Å²) in [6.45, 7) is 10.0. The quantitative estimate of drug-likeness (QED) is 0.652. The summed E-state index contributed by atoms with van der Waals surface area (Å²) in [5.74, 6) is 0. The van der Waals surface area contributed by atoms with Crippen LogP contribution in [0.3, 0.4) is 0 Å². The van der Waals surface area contributed by atoms with Gasteiger partial charge < -0.3 is 0 Å². The monoisotopic (exact) mass is 202 g/mol. The molecule has 0 spiro atoms. The maximum absolute atomic E-state index is 4.51. The maximum Gasteiger partial charge on any atom is 0.0919 e. The topological polar surface area (TPSA) is 25.8 Å². The number of aromatic nitrogens is 2. The van der Waals surface area contributed by atoms with Crippen LogP contribution in [0.15, 0.2) is 18.2 Å². The lowest BCUT2D eigenvalue weighted by atomic mass is 10.2. The molecule has 2 rings (SSSR count). The molecular weight excluding hydrogens is 184 g/mol. The van der Waals surface area contributed by atoms with E-state index < -0.39 is 0 Å². The van der Waals surface area contributed by atoms with Crippen molar-refractivity contribution in [3.05, 3.63) is 35.2 Å². The maximum atomic E-state index is 4.51. The molecule has 0 atom stereocenters. The molecule has 0 saturated heterocycles. The zero-order valence-electron chi connectivity index (χ0n) is 10.1. The zero-order valence-corrected chi connectivity index (χ0v) is 10.1. The minimum absolute atomic E-state index is 0.989. The van der Waals surface area contributed by atoms with Crippen LogP contribution in [0, 0.1) is 20.8 Å². The highest BCUT2D eigenvalue weighted by atomic mass is 14.8. The van der Waals surface area contributed by atoms with Crippen LogP contribution in [0.25, 0.3) is 11.0 Å². The molecule has 0 amide bonds. The molecule has 0 aliphatic carbocycles. The van der Waals surface area contributed by atoms with Crippen molar-refractivity contribution >= 4 is 11.0 Å². The Hall–Kier alpha value is -1.44. The van der Waals surface area contributed by atoms with Crippen molar-refractivity contribution in [2.45, 2.75) is 34.6 Å². The van der Waals surface area contributed by atoms with E-state index in [1.165, 1.54) is 5.56 Å². The number of para-hydroxylation sites is 1. The summed E-state index contributed by atoms with van der Waals surface area (Å²) in [6, 6.07) is 6.08. The predicted octanol–water partition coefficient (Wildman–Crippen LogP) is 3.58. The van der Waals surface area contributed by atoms with E-state index in [1.807, 2.05) is 39.8 Å². The Kier molecular flexibility index (Phi) is 3.78. The van der Waals surface area contributed by atoms with Crippen molar-refractivity contribution in [2.75, 3.05) is 0 Å². The molecule has 0 fully saturated rings. The standard InChI is InChI=1S/C11H12N2.C2H6/c1-7-5-4-6-10-11(7)13-9(3)8(2)12-10;1-2/h4-6H,1-3H3;1-2H3. The number of hydrogen-bond donors (Lipinski definition) is 0. The van der Waals surface area contributed by atoms with Crippen molar-refractivity contribution in [1.82, 2.24) is 9.97 Å². The molecule has 2 nitrogen and oxygen atoms in total. The number of rotatable bonds is 0. The van der Waals surface area contributed by atoms with Crippen LogP contribution in [0.4, 0.5) is 0 Å². The molecule has 0 unspecified atom stereocenters. The SMILES string of the molecule is CC.Cc1nc2cccc(C)c2nc1C. The fraction of sp³-hybridized carbons (Fsp3) is 0.385. The zero-order chi connectivity index (χ0) is 11.4. The van der Waals surface area contributed by atoms with Gasteiger partial charge in [-0.3, -0.25) is 0 Å². The molecule has 1 aromatic heterocycles. The first-order chi connectivity index (χ1) is 7.18. The highest BCUT2D eigenvalue weighted by Gasteiger charge is 2.02. The van der Waals surface area contributed by atoms with Gasteiger partial charge in [0.1, 0.15) is 0 Å². The van der Waals surface area contributed by atoms with Gasteiger partial charge in [0.25, 0.3) is 0 Å². The Morgan fingerprint density at radius 3 is 2.13 bits per heavy atom. The third kappa shape index (κ3) is 2.32. The molecule has 0 N–H and O–H groups in total. The lowest BCUT2D eigenvalue weighted by molar-refractivity contribution is 1.10. The van der Waals surface area contributed by atoms with Gasteiger partial charge in [-0.15, -0.1) is 0 Å². The molecule has 0 aliphatic rings. The van der Waals surface area contributed by atoms with Gasteiger partial charge >= 0.3 is 0 Å². The van der Waals surface area contributed by atoms with Crippen LogP contribution < -0.4 is 0 Å². The Labute approximate surface area is 91.4 Å². The van der Waals surface area contributed by atoms with Crippen LogP contribution in [0.5, 0.6) is 0 Å². The Morgan fingerprint density at radius 2 is 1.47 bits per heavy atom. The highest BCUT2D eigenvalue weighted by molar-refractivity contribution is 5.77. The average molecular weight is 202 g/mol. The number of aryl methyl sites for hydroxylation is 3. The second kappa shape index (κ2) is 4.87. The molecular formula is C13H18N2. The van der Waals surface area contributed by atoms with Crippen molar-refractivity contribution < 1.29 is 0 Å². The summed E-state index contributed by atoms with van der Waals surface area (Å²) in [5, 5.41) is 0. The number of benzene rings is 1. The Morgan fingerprint density at radius 1 is 0.867 bits per heavy atom. The summed E-state index contributed by atoms with van der Waals surface area (Å²) in [5.41, 5.74) is 5.22. The van der Waals surface area contributed by atoms with Crippen LogP contribution in [0.1, 0.15) is 30.8 Å². The number of fused-ring (bicyclic) bond motifs is 1. The smallest absolute Gasteiger partial charge is 0.0919 e. The van der Waals surface area contributed by atoms with E-state index in [0.717, 1.165) is 22.4 Å². The minimum atomic E-state index is 0.989. The van der Waals surface area contributed by atoms with Crippen molar-refractivity contribution in [2.24, 2.45) is 0 Å². The molecule has 80 valence electrons. The van der Waals surface area contributed by atoms with Crippen LogP contribution >= 0.6 is 0 Å². The van der Waals surface area contributed by atoms with E-state index in [1.54, 1.807) is 0 Å². The summed E-state index contributed by atoms with van der Waals surface area (Å²) >= 11 is 0. The molecule has 0 bridgehead atoms. The minimum Gasteiger partial charge on any atom is -0.250 e. The van der Waals surface area contributed by atoms with Gasteiger partial charge in [-0.2, -0.15) is 0 Å². The average Bonchev–Trinajstić information content (AvgIpc) is 2.24. The van der Waals surface area contributed by atoms with E-state index in [9.17, 15) is 0 Å². The van der Waals surface area contributed by atoms with Gasteiger partial charge in [0.05, 0.1) is 22.4 Å². The van der Waals surface area contributed by atoms with E-state index in [4.69, 9.17) is 0 Å². The summed E-state index contributed by atoms with van der Waals surface area (Å²) < 4.78 is 0. The summed E-state index contributed by atoms with van der Waals surface area (Å²) in [6.07, 6.45) is 0. The molecule has 15 heavy (non-hydrogen) atoms. The molecule has 0 aliphatic heterocycles. The molecule has 2 aromatic rings. The largest absolute Gasteiger partial charge is 0.250 e. The Balaban J connectivity index is 0.000000531. The third-order valence-corrected chi connectivity index (χ3v) is 2.31. The number of hydrogen-bond acceptors (Lipinski definition) is 2. The second-order valence-electron chi connectivity index (χ2n) is 3.34. The fourth-order valence-electron chi connectivity index (χ4n) is 1.39. The first-order valence-electron chi connectivity index (χ1n) is 5.39. The van der Waals surface area contributed by atoms with Crippen molar-refractivity contribution in [3.63, 3.8) is 0 Å². The Bertz CT molecular complexity index is 461. The first kappa shape index (κ1) is 11.6. The third-order valence-electron chi connectivity index (χ3n) is 2.31. The van der Waals surface area contributed by atoms with Gasteiger partial charge in [-0.1, -0.05) is 26.0 Å². The molecule has 2 heteroatoms. The van der Waals surface area contributed by atoms with Gasteiger partial charge in [-0.25, -0.2) is 9.97 Å².